The van der Waals surface area contributed by atoms with Crippen molar-refractivity contribution in [3.8, 4) is 12.3 Å². The van der Waals surface area contributed by atoms with Crippen molar-refractivity contribution >= 4 is 6.09 Å². The lowest BCUT2D eigenvalue weighted by Gasteiger charge is -2.37. The van der Waals surface area contributed by atoms with Gasteiger partial charge in [0.15, 0.2) is 0 Å². The van der Waals surface area contributed by atoms with Crippen LogP contribution in [0.5, 0.6) is 0 Å². The number of likely N-dealkylation sites (tertiary alicyclic amines) is 1. The molecule has 0 aromatic rings. The van der Waals surface area contributed by atoms with Gasteiger partial charge in [0.25, 0.3) is 0 Å². The number of ether oxygens (including phenoxy) is 3. The fourth-order valence-corrected chi connectivity index (χ4v) is 4.83. The minimum atomic E-state index is -0.775. The van der Waals surface area contributed by atoms with Crippen LogP contribution in [0.3, 0.4) is 0 Å². The van der Waals surface area contributed by atoms with Gasteiger partial charge in [-0.1, -0.05) is 71.1 Å². The number of carbonyl (C=O) groups is 1. The van der Waals surface area contributed by atoms with Crippen LogP contribution in [0.1, 0.15) is 118 Å². The lowest BCUT2D eigenvalue weighted by atomic mass is 10.00. The molecule has 0 aromatic heterocycles. The van der Waals surface area contributed by atoms with Crippen LogP contribution in [0, 0.1) is 12.3 Å². The maximum Gasteiger partial charge on any atom is 0.410 e. The Hall–Kier alpha value is -1.29. The molecule has 4 atom stereocenters. The largest absolute Gasteiger partial charge is 0.444 e. The molecule has 1 saturated heterocycles. The molecule has 0 spiro atoms. The Bertz CT molecular complexity index is 582. The van der Waals surface area contributed by atoms with Crippen molar-refractivity contribution in [1.29, 1.82) is 0 Å². The predicted molar refractivity (Wildman–Crippen MR) is 138 cm³/mol. The van der Waals surface area contributed by atoms with Gasteiger partial charge in [-0.25, -0.2) is 4.79 Å². The summed E-state index contributed by atoms with van der Waals surface area (Å²) in [6.45, 7) is 7.99. The van der Waals surface area contributed by atoms with Gasteiger partial charge >= 0.3 is 6.09 Å². The SMILES string of the molecule is C#CC[C@H](O)[C@@H]1CC[C@H]([C@@H](CCCCCCCCCCCC)OCOC)N1C(=O)OC(C)(C)C. The first kappa shape index (κ1) is 30.7. The molecule has 1 aliphatic rings. The summed E-state index contributed by atoms with van der Waals surface area (Å²) in [7, 11) is 1.61. The number of methoxy groups -OCH3 is 1. The average molecular weight is 482 g/mol. The lowest BCUT2D eigenvalue weighted by Crippen LogP contribution is -2.52. The molecule has 198 valence electrons. The van der Waals surface area contributed by atoms with E-state index in [-0.39, 0.29) is 31.4 Å². The molecule has 1 aliphatic heterocycles. The van der Waals surface area contributed by atoms with E-state index in [0.29, 0.717) is 6.42 Å². The number of amides is 1. The summed E-state index contributed by atoms with van der Waals surface area (Å²) in [6, 6.07) is -0.529. The molecular weight excluding hydrogens is 430 g/mol. The number of hydrogen-bond acceptors (Lipinski definition) is 5. The highest BCUT2D eigenvalue weighted by molar-refractivity contribution is 5.69. The third-order valence-corrected chi connectivity index (χ3v) is 6.52. The monoisotopic (exact) mass is 481 g/mol. The number of hydrogen-bond donors (Lipinski definition) is 1. The molecule has 1 amide bonds. The molecule has 1 N–H and O–H groups in total. The van der Waals surface area contributed by atoms with Crippen molar-refractivity contribution in [3.63, 3.8) is 0 Å². The van der Waals surface area contributed by atoms with Crippen molar-refractivity contribution in [2.24, 2.45) is 0 Å². The molecule has 0 bridgehead atoms. The molecule has 0 aromatic carbocycles. The van der Waals surface area contributed by atoms with Gasteiger partial charge in [0.05, 0.1) is 24.3 Å². The molecule has 0 unspecified atom stereocenters. The Balaban J connectivity index is 2.69. The summed E-state index contributed by atoms with van der Waals surface area (Å²) in [4.78, 5) is 14.9. The van der Waals surface area contributed by atoms with Gasteiger partial charge in [0, 0.05) is 13.5 Å². The van der Waals surface area contributed by atoms with Crippen LogP contribution >= 0.6 is 0 Å². The van der Waals surface area contributed by atoms with Gasteiger partial charge in [0.2, 0.25) is 0 Å². The van der Waals surface area contributed by atoms with Crippen molar-refractivity contribution in [2.45, 2.75) is 147 Å². The number of nitrogens with zero attached hydrogens (tertiary/aromatic N) is 1. The molecule has 0 aliphatic carbocycles. The second-order valence-electron chi connectivity index (χ2n) is 10.7. The first-order chi connectivity index (χ1) is 16.2. The fraction of sp³-hybridized carbons (Fsp3) is 0.893. The van der Waals surface area contributed by atoms with Crippen LogP contribution < -0.4 is 0 Å². The summed E-state index contributed by atoms with van der Waals surface area (Å²) in [6.07, 6.45) is 19.3. The number of terminal acetylenes is 1. The van der Waals surface area contributed by atoms with Gasteiger partial charge in [0.1, 0.15) is 12.4 Å². The second kappa shape index (κ2) is 17.2. The number of rotatable bonds is 17. The number of aliphatic hydroxyl groups is 1. The summed E-state index contributed by atoms with van der Waals surface area (Å²) < 4.78 is 17.0. The molecule has 0 radical (unpaired) electrons. The highest BCUT2D eigenvalue weighted by Gasteiger charge is 2.45. The standard InChI is InChI=1S/C28H51NO5/c1-7-9-10-11-12-13-14-15-16-17-19-26(33-22-32-6)24-21-20-23(25(30)18-8-2)29(24)27(31)34-28(3,4)5/h2,23-26,30H,7,9-22H2,1,3-6H3/t23-,24+,25-,26+/m0/s1. The van der Waals surface area contributed by atoms with E-state index in [1.54, 1.807) is 12.0 Å². The zero-order chi connectivity index (χ0) is 25.4. The molecule has 0 saturated carbocycles. The summed E-state index contributed by atoms with van der Waals surface area (Å²) in [5.74, 6) is 2.52. The van der Waals surface area contributed by atoms with Crippen LogP contribution in [0.2, 0.25) is 0 Å². The van der Waals surface area contributed by atoms with Crippen LogP contribution in [-0.4, -0.2) is 59.9 Å². The molecule has 6 heteroatoms. The Morgan fingerprint density at radius 2 is 1.59 bits per heavy atom. The fourth-order valence-electron chi connectivity index (χ4n) is 4.83. The predicted octanol–water partition coefficient (Wildman–Crippen LogP) is 6.44. The quantitative estimate of drug-likeness (QED) is 0.147. The topological polar surface area (TPSA) is 68.2 Å². The Morgan fingerprint density at radius 1 is 1.03 bits per heavy atom. The smallest absolute Gasteiger partial charge is 0.410 e. The van der Waals surface area contributed by atoms with Crippen molar-refractivity contribution in [1.82, 2.24) is 4.90 Å². The molecular formula is C28H51NO5. The average Bonchev–Trinajstić information content (AvgIpc) is 3.21. The van der Waals surface area contributed by atoms with E-state index in [0.717, 1.165) is 25.7 Å². The minimum absolute atomic E-state index is 0.162. The highest BCUT2D eigenvalue weighted by atomic mass is 16.7. The van der Waals surface area contributed by atoms with Gasteiger partial charge < -0.3 is 19.3 Å². The van der Waals surface area contributed by atoms with Gasteiger partial charge in [-0.15, -0.1) is 12.3 Å². The normalized spacial score (nSPS) is 20.2. The van der Waals surface area contributed by atoms with Crippen LogP contribution in [-0.2, 0) is 14.2 Å². The van der Waals surface area contributed by atoms with E-state index >= 15 is 0 Å². The van der Waals surface area contributed by atoms with Gasteiger partial charge in [-0.2, -0.15) is 0 Å². The van der Waals surface area contributed by atoms with E-state index in [1.807, 2.05) is 20.8 Å². The van der Waals surface area contributed by atoms with E-state index in [1.165, 1.54) is 51.4 Å². The number of carbonyl (C=O) groups excluding carboxylic acids is 1. The van der Waals surface area contributed by atoms with Crippen LogP contribution in [0.15, 0.2) is 0 Å². The second-order valence-corrected chi connectivity index (χ2v) is 10.7. The van der Waals surface area contributed by atoms with E-state index in [9.17, 15) is 9.90 Å². The van der Waals surface area contributed by atoms with Crippen molar-refractivity contribution in [2.75, 3.05) is 13.9 Å². The maximum absolute atomic E-state index is 13.2. The minimum Gasteiger partial charge on any atom is -0.444 e. The summed E-state index contributed by atoms with van der Waals surface area (Å²) >= 11 is 0. The first-order valence-electron chi connectivity index (χ1n) is 13.5. The molecule has 1 rings (SSSR count). The van der Waals surface area contributed by atoms with Gasteiger partial charge in [-0.05, 0) is 40.0 Å². The Kier molecular flexibility index (Phi) is 15.5. The van der Waals surface area contributed by atoms with E-state index < -0.39 is 17.8 Å². The molecule has 1 heterocycles. The maximum atomic E-state index is 13.2. The van der Waals surface area contributed by atoms with Crippen molar-refractivity contribution < 1.29 is 24.1 Å². The molecule has 1 fully saturated rings. The first-order valence-corrected chi connectivity index (χ1v) is 13.5. The summed E-state index contributed by atoms with van der Waals surface area (Å²) in [5, 5.41) is 10.6. The summed E-state index contributed by atoms with van der Waals surface area (Å²) in [5.41, 5.74) is -0.620. The zero-order valence-corrected chi connectivity index (χ0v) is 22.5. The Morgan fingerprint density at radius 3 is 2.12 bits per heavy atom. The van der Waals surface area contributed by atoms with Crippen LogP contribution in [0.25, 0.3) is 0 Å². The number of unbranched alkanes of at least 4 members (excludes halogenated alkanes) is 9. The number of aliphatic hydroxyl groups excluding tert-OH is 1. The molecule has 34 heavy (non-hydrogen) atoms. The molecule has 6 nitrogen and oxygen atoms in total. The Labute approximate surface area is 209 Å². The lowest BCUT2D eigenvalue weighted by molar-refractivity contribution is -0.103. The van der Waals surface area contributed by atoms with Crippen molar-refractivity contribution in [3.05, 3.63) is 0 Å². The van der Waals surface area contributed by atoms with Crippen LogP contribution in [0.4, 0.5) is 4.79 Å². The zero-order valence-electron chi connectivity index (χ0n) is 22.5. The third kappa shape index (κ3) is 11.9. The highest BCUT2D eigenvalue weighted by Crippen LogP contribution is 2.34. The van der Waals surface area contributed by atoms with E-state index in [2.05, 4.69) is 12.8 Å². The third-order valence-electron chi connectivity index (χ3n) is 6.52. The van der Waals surface area contributed by atoms with E-state index in [4.69, 9.17) is 20.6 Å². The van der Waals surface area contributed by atoms with Gasteiger partial charge in [-0.3, -0.25) is 4.90 Å².